The minimum Gasteiger partial charge on any atom is -0.452 e. The van der Waals surface area contributed by atoms with Crippen LogP contribution >= 0.6 is 0 Å². The standard InChI is InChI=1S/C29H39N3O5/c1-3-4-5-6-7-8-9-10-11-16-27(34)32-26-15-13-12-14-25(26)29(36)37-21-28(35)31-24-19-17-23(18-20-24)30-22(2)33/h12-15,17-20H,3-11,16,21H2,1-2H3,(H,30,33)(H,31,35)(H,32,34). The average molecular weight is 510 g/mol. The van der Waals surface area contributed by atoms with Crippen LogP contribution in [0.4, 0.5) is 17.1 Å². The third kappa shape index (κ3) is 12.2. The number of para-hydroxylation sites is 1. The Morgan fingerprint density at radius 2 is 1.24 bits per heavy atom. The zero-order chi connectivity index (χ0) is 26.9. The van der Waals surface area contributed by atoms with Crippen molar-refractivity contribution >= 4 is 40.8 Å². The van der Waals surface area contributed by atoms with Crippen LogP contribution in [0.1, 0.15) is 88.4 Å². The van der Waals surface area contributed by atoms with Crippen LogP contribution in [0.2, 0.25) is 0 Å². The Kier molecular flexibility index (Phi) is 13.5. The molecule has 2 rings (SSSR count). The molecule has 0 radical (unpaired) electrons. The number of carbonyl (C=O) groups is 4. The van der Waals surface area contributed by atoms with Crippen molar-refractivity contribution in [2.24, 2.45) is 0 Å². The van der Waals surface area contributed by atoms with Crippen molar-refractivity contribution in [2.45, 2.75) is 78.1 Å². The van der Waals surface area contributed by atoms with Crippen LogP contribution in [0.3, 0.4) is 0 Å². The second-order valence-corrected chi connectivity index (χ2v) is 9.06. The van der Waals surface area contributed by atoms with E-state index in [0.29, 0.717) is 23.5 Å². The molecule has 0 aliphatic heterocycles. The van der Waals surface area contributed by atoms with Crippen LogP contribution in [-0.2, 0) is 19.1 Å². The summed E-state index contributed by atoms with van der Waals surface area (Å²) < 4.78 is 5.16. The molecule has 0 aliphatic carbocycles. The number of esters is 1. The molecule has 0 saturated carbocycles. The summed E-state index contributed by atoms with van der Waals surface area (Å²) >= 11 is 0. The molecule has 0 aromatic heterocycles. The highest BCUT2D eigenvalue weighted by Gasteiger charge is 2.16. The fourth-order valence-electron chi connectivity index (χ4n) is 3.83. The highest BCUT2D eigenvalue weighted by atomic mass is 16.5. The quantitative estimate of drug-likeness (QED) is 0.181. The zero-order valence-electron chi connectivity index (χ0n) is 21.9. The van der Waals surface area contributed by atoms with Gasteiger partial charge in [0.15, 0.2) is 6.61 Å². The molecule has 0 spiro atoms. The predicted octanol–water partition coefficient (Wildman–Crippen LogP) is 6.30. The maximum Gasteiger partial charge on any atom is 0.340 e. The van der Waals surface area contributed by atoms with Gasteiger partial charge in [0.1, 0.15) is 0 Å². The van der Waals surface area contributed by atoms with E-state index in [1.807, 2.05) is 0 Å². The van der Waals surface area contributed by atoms with E-state index in [1.54, 1.807) is 48.5 Å². The Balaban J connectivity index is 1.73. The van der Waals surface area contributed by atoms with Gasteiger partial charge in [-0.2, -0.15) is 0 Å². The van der Waals surface area contributed by atoms with Gasteiger partial charge in [0, 0.05) is 24.7 Å². The van der Waals surface area contributed by atoms with Gasteiger partial charge < -0.3 is 20.7 Å². The second kappa shape index (κ2) is 16.9. The first kappa shape index (κ1) is 29.5. The molecule has 8 nitrogen and oxygen atoms in total. The largest absolute Gasteiger partial charge is 0.452 e. The summed E-state index contributed by atoms with van der Waals surface area (Å²) in [6, 6.07) is 13.1. The molecule has 0 heterocycles. The van der Waals surface area contributed by atoms with E-state index in [1.165, 1.54) is 45.4 Å². The maximum atomic E-state index is 12.6. The van der Waals surface area contributed by atoms with Crippen molar-refractivity contribution in [1.29, 1.82) is 0 Å². The molecule has 8 heteroatoms. The summed E-state index contributed by atoms with van der Waals surface area (Å²) in [6.07, 6.45) is 10.9. The monoisotopic (exact) mass is 509 g/mol. The molecule has 2 aromatic rings. The zero-order valence-corrected chi connectivity index (χ0v) is 21.9. The van der Waals surface area contributed by atoms with Crippen LogP contribution in [0.15, 0.2) is 48.5 Å². The van der Waals surface area contributed by atoms with Gasteiger partial charge in [-0.25, -0.2) is 4.79 Å². The Labute approximate surface area is 219 Å². The Morgan fingerprint density at radius 3 is 1.86 bits per heavy atom. The first-order valence-corrected chi connectivity index (χ1v) is 13.1. The normalized spacial score (nSPS) is 10.4. The van der Waals surface area contributed by atoms with Gasteiger partial charge in [-0.05, 0) is 42.8 Å². The smallest absolute Gasteiger partial charge is 0.340 e. The summed E-state index contributed by atoms with van der Waals surface area (Å²) in [4.78, 5) is 48.3. The van der Waals surface area contributed by atoms with Gasteiger partial charge in [-0.1, -0.05) is 70.4 Å². The van der Waals surface area contributed by atoms with Crippen LogP contribution < -0.4 is 16.0 Å². The molecular formula is C29H39N3O5. The average Bonchev–Trinajstić information content (AvgIpc) is 2.87. The maximum absolute atomic E-state index is 12.6. The van der Waals surface area contributed by atoms with E-state index < -0.39 is 18.5 Å². The van der Waals surface area contributed by atoms with E-state index in [-0.39, 0.29) is 17.4 Å². The van der Waals surface area contributed by atoms with Gasteiger partial charge >= 0.3 is 5.97 Å². The molecule has 0 unspecified atom stereocenters. The van der Waals surface area contributed by atoms with Gasteiger partial charge in [0.05, 0.1) is 11.3 Å². The van der Waals surface area contributed by atoms with Crippen molar-refractivity contribution in [3.8, 4) is 0 Å². The topological polar surface area (TPSA) is 114 Å². The lowest BCUT2D eigenvalue weighted by Gasteiger charge is -2.11. The van der Waals surface area contributed by atoms with Gasteiger partial charge in [0.25, 0.3) is 5.91 Å². The molecular weight excluding hydrogens is 470 g/mol. The molecule has 3 N–H and O–H groups in total. The van der Waals surface area contributed by atoms with Crippen LogP contribution in [0.25, 0.3) is 0 Å². The number of nitrogens with one attached hydrogen (secondary N) is 3. The molecule has 0 saturated heterocycles. The van der Waals surface area contributed by atoms with Crippen LogP contribution in [-0.4, -0.2) is 30.3 Å². The van der Waals surface area contributed by atoms with Crippen molar-refractivity contribution in [3.63, 3.8) is 0 Å². The lowest BCUT2D eigenvalue weighted by molar-refractivity contribution is -0.119. The first-order valence-electron chi connectivity index (χ1n) is 13.1. The van der Waals surface area contributed by atoms with Gasteiger partial charge in [-0.15, -0.1) is 0 Å². The summed E-state index contributed by atoms with van der Waals surface area (Å²) in [5.41, 5.74) is 1.66. The lowest BCUT2D eigenvalue weighted by atomic mass is 10.1. The van der Waals surface area contributed by atoms with E-state index >= 15 is 0 Å². The molecule has 0 fully saturated rings. The summed E-state index contributed by atoms with van der Waals surface area (Å²) in [6.45, 7) is 3.14. The van der Waals surface area contributed by atoms with Crippen molar-refractivity contribution < 1.29 is 23.9 Å². The minimum atomic E-state index is -0.699. The number of hydrogen-bond donors (Lipinski definition) is 3. The summed E-state index contributed by atoms with van der Waals surface area (Å²) in [5.74, 6) is -1.55. The number of unbranched alkanes of at least 4 members (excludes halogenated alkanes) is 8. The molecule has 0 aliphatic rings. The number of hydrogen-bond acceptors (Lipinski definition) is 5. The SMILES string of the molecule is CCCCCCCCCCCC(=O)Nc1ccccc1C(=O)OCC(=O)Nc1ccc(NC(C)=O)cc1. The molecule has 0 bridgehead atoms. The Bertz CT molecular complexity index is 1020. The third-order valence-electron chi connectivity index (χ3n) is 5.75. The number of anilines is 3. The van der Waals surface area contributed by atoms with E-state index in [2.05, 4.69) is 22.9 Å². The molecule has 3 amide bonds. The van der Waals surface area contributed by atoms with Crippen molar-refractivity contribution in [1.82, 2.24) is 0 Å². The Hall–Kier alpha value is -3.68. The number of rotatable bonds is 16. The second-order valence-electron chi connectivity index (χ2n) is 9.06. The number of carbonyl (C=O) groups excluding carboxylic acids is 4. The molecule has 37 heavy (non-hydrogen) atoms. The van der Waals surface area contributed by atoms with Gasteiger partial charge in [-0.3, -0.25) is 14.4 Å². The van der Waals surface area contributed by atoms with Crippen LogP contribution in [0, 0.1) is 0 Å². The molecule has 2 aromatic carbocycles. The first-order chi connectivity index (χ1) is 17.9. The number of amides is 3. The van der Waals surface area contributed by atoms with E-state index in [4.69, 9.17) is 4.74 Å². The molecule has 200 valence electrons. The third-order valence-corrected chi connectivity index (χ3v) is 5.75. The fourth-order valence-corrected chi connectivity index (χ4v) is 3.83. The van der Waals surface area contributed by atoms with Crippen LogP contribution in [0.5, 0.6) is 0 Å². The summed E-state index contributed by atoms with van der Waals surface area (Å²) in [5, 5.41) is 8.06. The van der Waals surface area contributed by atoms with Gasteiger partial charge in [0.2, 0.25) is 11.8 Å². The minimum absolute atomic E-state index is 0.149. The highest BCUT2D eigenvalue weighted by Crippen LogP contribution is 2.18. The Morgan fingerprint density at radius 1 is 0.676 bits per heavy atom. The van der Waals surface area contributed by atoms with E-state index in [9.17, 15) is 19.2 Å². The number of ether oxygens (including phenoxy) is 1. The van der Waals surface area contributed by atoms with Crippen molar-refractivity contribution in [2.75, 3.05) is 22.6 Å². The highest BCUT2D eigenvalue weighted by molar-refractivity contribution is 6.02. The lowest BCUT2D eigenvalue weighted by Crippen LogP contribution is -2.22. The molecule has 0 atom stereocenters. The number of benzene rings is 2. The fraction of sp³-hybridized carbons (Fsp3) is 0.448. The van der Waals surface area contributed by atoms with E-state index in [0.717, 1.165) is 19.3 Å². The summed E-state index contributed by atoms with van der Waals surface area (Å²) in [7, 11) is 0. The predicted molar refractivity (Wildman–Crippen MR) is 147 cm³/mol. The van der Waals surface area contributed by atoms with Crippen molar-refractivity contribution in [3.05, 3.63) is 54.1 Å².